The van der Waals surface area contributed by atoms with E-state index in [1.54, 1.807) is 0 Å². The molecule has 1 rings (SSSR count). The number of alkyl halides is 2. The van der Waals surface area contributed by atoms with Crippen molar-refractivity contribution in [3.63, 3.8) is 0 Å². The molecule has 0 heterocycles. The first kappa shape index (κ1) is 11.4. The van der Waals surface area contributed by atoms with Gasteiger partial charge >= 0.3 is 5.97 Å². The average Bonchev–Trinajstić information content (AvgIpc) is 2.82. The first-order chi connectivity index (χ1) is 6.44. The summed E-state index contributed by atoms with van der Waals surface area (Å²) in [5, 5.41) is 11.0. The molecule has 1 unspecified atom stereocenters. The van der Waals surface area contributed by atoms with Crippen LogP contribution in [0.15, 0.2) is 0 Å². The second-order valence-electron chi connectivity index (χ2n) is 3.89. The zero-order chi connectivity index (χ0) is 10.8. The summed E-state index contributed by atoms with van der Waals surface area (Å²) in [6.07, 6.45) is 0.924. The van der Waals surface area contributed by atoms with E-state index >= 15 is 0 Å². The van der Waals surface area contributed by atoms with Crippen LogP contribution in [0.3, 0.4) is 0 Å². The molecule has 0 saturated heterocycles. The summed E-state index contributed by atoms with van der Waals surface area (Å²) in [6, 6.07) is -1.15. The molecule has 1 fully saturated rings. The van der Waals surface area contributed by atoms with Crippen molar-refractivity contribution in [2.24, 2.45) is 5.92 Å². The van der Waals surface area contributed by atoms with E-state index in [0.29, 0.717) is 0 Å². The highest BCUT2D eigenvalue weighted by atomic mass is 19.3. The third-order valence-electron chi connectivity index (χ3n) is 2.43. The van der Waals surface area contributed by atoms with E-state index in [-0.39, 0.29) is 12.3 Å². The minimum absolute atomic E-state index is 0.108. The Kier molecular flexibility index (Phi) is 3.42. The Hall–Kier alpha value is -0.710. The number of halogens is 2. The number of carbonyl (C=O) groups is 1. The van der Waals surface area contributed by atoms with Gasteiger partial charge in [-0.2, -0.15) is 0 Å². The van der Waals surface area contributed by atoms with Crippen LogP contribution >= 0.6 is 0 Å². The van der Waals surface area contributed by atoms with Crippen molar-refractivity contribution in [3.05, 3.63) is 0 Å². The predicted molar refractivity (Wildman–Crippen MR) is 47.4 cm³/mol. The molecule has 82 valence electrons. The molecule has 3 nitrogen and oxygen atoms in total. The molecule has 0 radical (unpaired) electrons. The molecule has 5 heteroatoms. The monoisotopic (exact) mass is 207 g/mol. The second kappa shape index (κ2) is 4.21. The SMILES string of the molecule is CNC(CC(F)(F)CC1CC1)C(=O)O. The van der Waals surface area contributed by atoms with Crippen LogP contribution in [0.4, 0.5) is 8.78 Å². The van der Waals surface area contributed by atoms with Gasteiger partial charge in [-0.05, 0) is 25.8 Å². The predicted octanol–water partition coefficient (Wildman–Crippen LogP) is 1.48. The summed E-state index contributed by atoms with van der Waals surface area (Å²) in [5.74, 6) is -3.97. The van der Waals surface area contributed by atoms with Gasteiger partial charge in [0.1, 0.15) is 6.04 Å². The number of aliphatic carboxylic acids is 1. The maximum atomic E-state index is 13.2. The van der Waals surface area contributed by atoms with Crippen molar-refractivity contribution in [3.8, 4) is 0 Å². The quantitative estimate of drug-likeness (QED) is 0.693. The van der Waals surface area contributed by atoms with Gasteiger partial charge in [-0.1, -0.05) is 0 Å². The van der Waals surface area contributed by atoms with E-state index in [9.17, 15) is 13.6 Å². The number of hydrogen-bond acceptors (Lipinski definition) is 2. The van der Waals surface area contributed by atoms with E-state index in [2.05, 4.69) is 5.32 Å². The van der Waals surface area contributed by atoms with Gasteiger partial charge in [-0.3, -0.25) is 4.79 Å². The van der Waals surface area contributed by atoms with Crippen LogP contribution in [0.2, 0.25) is 0 Å². The molecule has 1 aliphatic rings. The maximum absolute atomic E-state index is 13.2. The fourth-order valence-electron chi connectivity index (χ4n) is 1.44. The number of nitrogens with one attached hydrogen (secondary N) is 1. The zero-order valence-corrected chi connectivity index (χ0v) is 8.09. The molecule has 14 heavy (non-hydrogen) atoms. The molecule has 0 aromatic rings. The molecule has 2 N–H and O–H groups in total. The molecule has 0 amide bonds. The Bertz CT molecular complexity index is 217. The van der Waals surface area contributed by atoms with Crippen LogP contribution in [-0.2, 0) is 4.79 Å². The van der Waals surface area contributed by atoms with E-state index in [1.807, 2.05) is 0 Å². The standard InChI is InChI=1S/C9H15F2NO2/c1-12-7(8(13)14)5-9(10,11)4-6-2-3-6/h6-7,12H,2-5H2,1H3,(H,13,14). The smallest absolute Gasteiger partial charge is 0.320 e. The lowest BCUT2D eigenvalue weighted by Gasteiger charge is -2.20. The molecule has 0 aromatic heterocycles. The fraction of sp³-hybridized carbons (Fsp3) is 0.889. The van der Waals surface area contributed by atoms with Crippen LogP contribution < -0.4 is 5.32 Å². The van der Waals surface area contributed by atoms with Gasteiger partial charge in [-0.25, -0.2) is 8.78 Å². The highest BCUT2D eigenvalue weighted by molar-refractivity contribution is 5.73. The Balaban J connectivity index is 2.41. The van der Waals surface area contributed by atoms with E-state index in [0.717, 1.165) is 12.8 Å². The molecule has 0 aliphatic heterocycles. The van der Waals surface area contributed by atoms with Crippen molar-refractivity contribution in [2.45, 2.75) is 37.6 Å². The number of hydrogen-bond donors (Lipinski definition) is 2. The fourth-order valence-corrected chi connectivity index (χ4v) is 1.44. The summed E-state index contributed by atoms with van der Waals surface area (Å²) in [6.45, 7) is 0. The highest BCUT2D eigenvalue weighted by Gasteiger charge is 2.40. The van der Waals surface area contributed by atoms with Gasteiger partial charge in [0.05, 0.1) is 0 Å². The normalized spacial score (nSPS) is 19.4. The number of likely N-dealkylation sites (N-methyl/N-ethyl adjacent to an activating group) is 1. The van der Waals surface area contributed by atoms with Crippen LogP contribution in [0.25, 0.3) is 0 Å². The van der Waals surface area contributed by atoms with Crippen LogP contribution in [-0.4, -0.2) is 30.1 Å². The third-order valence-corrected chi connectivity index (χ3v) is 2.43. The molecule has 1 aliphatic carbocycles. The van der Waals surface area contributed by atoms with Crippen molar-refractivity contribution < 1.29 is 18.7 Å². The van der Waals surface area contributed by atoms with Gasteiger partial charge in [-0.15, -0.1) is 0 Å². The molecule has 1 atom stereocenters. The third kappa shape index (κ3) is 3.57. The van der Waals surface area contributed by atoms with Gasteiger partial charge in [0.15, 0.2) is 0 Å². The van der Waals surface area contributed by atoms with Crippen molar-refractivity contribution in [2.75, 3.05) is 7.05 Å². The van der Waals surface area contributed by atoms with Gasteiger partial charge in [0, 0.05) is 12.8 Å². The maximum Gasteiger partial charge on any atom is 0.320 e. The number of rotatable bonds is 6. The lowest BCUT2D eigenvalue weighted by Crippen LogP contribution is -2.39. The van der Waals surface area contributed by atoms with E-state index < -0.39 is 24.4 Å². The molecular formula is C9H15F2NO2. The summed E-state index contributed by atoms with van der Waals surface area (Å²) in [7, 11) is 1.38. The van der Waals surface area contributed by atoms with Gasteiger partial charge in [0.25, 0.3) is 5.92 Å². The molecular weight excluding hydrogens is 192 g/mol. The highest BCUT2D eigenvalue weighted by Crippen LogP contribution is 2.40. The minimum atomic E-state index is -2.85. The van der Waals surface area contributed by atoms with Crippen LogP contribution in [0, 0.1) is 5.92 Å². The van der Waals surface area contributed by atoms with Crippen molar-refractivity contribution in [1.29, 1.82) is 0 Å². The van der Waals surface area contributed by atoms with Crippen molar-refractivity contribution in [1.82, 2.24) is 5.32 Å². The summed E-state index contributed by atoms with van der Waals surface area (Å²) < 4.78 is 26.4. The minimum Gasteiger partial charge on any atom is -0.480 e. The average molecular weight is 207 g/mol. The zero-order valence-electron chi connectivity index (χ0n) is 8.09. The second-order valence-corrected chi connectivity index (χ2v) is 3.89. The lowest BCUT2D eigenvalue weighted by atomic mass is 10.0. The Morgan fingerprint density at radius 2 is 2.21 bits per heavy atom. The Labute approximate surface area is 81.5 Å². The topological polar surface area (TPSA) is 49.3 Å². The Morgan fingerprint density at radius 3 is 2.57 bits per heavy atom. The van der Waals surface area contributed by atoms with E-state index in [4.69, 9.17) is 5.11 Å². The lowest BCUT2D eigenvalue weighted by molar-refractivity contribution is -0.142. The molecule has 0 bridgehead atoms. The summed E-state index contributed by atoms with van der Waals surface area (Å²) >= 11 is 0. The largest absolute Gasteiger partial charge is 0.480 e. The number of carboxylic acid groups (broad SMARTS) is 1. The first-order valence-corrected chi connectivity index (χ1v) is 4.72. The van der Waals surface area contributed by atoms with Gasteiger partial charge in [0.2, 0.25) is 0 Å². The molecule has 0 spiro atoms. The van der Waals surface area contributed by atoms with Gasteiger partial charge < -0.3 is 10.4 Å². The summed E-state index contributed by atoms with van der Waals surface area (Å²) in [4.78, 5) is 10.5. The van der Waals surface area contributed by atoms with Crippen LogP contribution in [0.5, 0.6) is 0 Å². The van der Waals surface area contributed by atoms with E-state index in [1.165, 1.54) is 7.05 Å². The molecule has 1 saturated carbocycles. The van der Waals surface area contributed by atoms with Crippen molar-refractivity contribution >= 4 is 5.97 Å². The Morgan fingerprint density at radius 1 is 1.64 bits per heavy atom. The molecule has 0 aromatic carbocycles. The first-order valence-electron chi connectivity index (χ1n) is 4.72. The number of carboxylic acids is 1. The van der Waals surface area contributed by atoms with Crippen LogP contribution in [0.1, 0.15) is 25.7 Å². The summed E-state index contributed by atoms with van der Waals surface area (Å²) in [5.41, 5.74) is 0.